The van der Waals surface area contributed by atoms with Crippen LogP contribution in [0.3, 0.4) is 0 Å². The van der Waals surface area contributed by atoms with E-state index in [1.165, 1.54) is 0 Å². The zero-order chi connectivity index (χ0) is 12.3. The number of ether oxygens (including phenoxy) is 1. The summed E-state index contributed by atoms with van der Waals surface area (Å²) in [7, 11) is 0. The lowest BCUT2D eigenvalue weighted by Gasteiger charge is -2.10. The summed E-state index contributed by atoms with van der Waals surface area (Å²) < 4.78 is 7.79. The van der Waals surface area contributed by atoms with E-state index >= 15 is 0 Å². The molecule has 0 aliphatic rings. The molecule has 0 bridgehead atoms. The summed E-state index contributed by atoms with van der Waals surface area (Å²) in [6.45, 7) is -0.0430. The van der Waals surface area contributed by atoms with Crippen LogP contribution in [-0.2, 0) is 6.61 Å². The molecule has 0 aliphatic heterocycles. The maximum Gasteiger partial charge on any atom is 0.133 e. The molecule has 88 valence electrons. The van der Waals surface area contributed by atoms with Crippen molar-refractivity contribution in [3.05, 3.63) is 56.1 Å². The average Bonchev–Trinajstić information content (AvgIpc) is 2.31. The van der Waals surface area contributed by atoms with E-state index in [4.69, 9.17) is 4.74 Å². The summed E-state index contributed by atoms with van der Waals surface area (Å²) in [5, 5.41) is 9.27. The molecule has 0 aliphatic carbocycles. The fourth-order valence-corrected chi connectivity index (χ4v) is 2.35. The predicted molar refractivity (Wildman–Crippen MR) is 79.3 cm³/mol. The van der Waals surface area contributed by atoms with Crippen LogP contribution >= 0.6 is 38.5 Å². The van der Waals surface area contributed by atoms with Crippen molar-refractivity contribution in [1.29, 1.82) is 0 Å². The van der Waals surface area contributed by atoms with Crippen molar-refractivity contribution in [2.45, 2.75) is 6.61 Å². The Kier molecular flexibility index (Phi) is 4.42. The Labute approximate surface area is 122 Å². The topological polar surface area (TPSA) is 29.5 Å². The number of hydrogen-bond donors (Lipinski definition) is 1. The van der Waals surface area contributed by atoms with Gasteiger partial charge in [-0.15, -0.1) is 0 Å². The van der Waals surface area contributed by atoms with Gasteiger partial charge in [0, 0.05) is 13.6 Å². The van der Waals surface area contributed by atoms with Crippen molar-refractivity contribution in [3.63, 3.8) is 0 Å². The van der Waals surface area contributed by atoms with Gasteiger partial charge in [0.1, 0.15) is 11.5 Å². The maximum atomic E-state index is 9.27. The number of aliphatic hydroxyl groups excluding tert-OH is 1. The van der Waals surface area contributed by atoms with E-state index in [1.54, 1.807) is 0 Å². The van der Waals surface area contributed by atoms with Crippen LogP contribution in [0.5, 0.6) is 11.5 Å². The van der Waals surface area contributed by atoms with Crippen LogP contribution < -0.4 is 4.74 Å². The highest BCUT2D eigenvalue weighted by molar-refractivity contribution is 14.1. The van der Waals surface area contributed by atoms with E-state index in [1.807, 2.05) is 42.5 Å². The van der Waals surface area contributed by atoms with Crippen molar-refractivity contribution in [1.82, 2.24) is 0 Å². The molecule has 0 atom stereocenters. The van der Waals surface area contributed by atoms with Crippen molar-refractivity contribution in [2.24, 2.45) is 0 Å². The third-order valence-corrected chi connectivity index (χ3v) is 3.38. The Morgan fingerprint density at radius 1 is 1.18 bits per heavy atom. The molecular formula is C13H10BrIO2. The highest BCUT2D eigenvalue weighted by Crippen LogP contribution is 2.28. The fourth-order valence-electron chi connectivity index (χ4n) is 1.43. The lowest BCUT2D eigenvalue weighted by molar-refractivity contribution is 0.276. The molecule has 0 unspecified atom stereocenters. The summed E-state index contributed by atoms with van der Waals surface area (Å²) in [6.07, 6.45) is 0. The Hall–Kier alpha value is -0.590. The molecule has 4 heteroatoms. The first-order valence-electron chi connectivity index (χ1n) is 5.02. The van der Waals surface area contributed by atoms with Crippen LogP contribution in [0.4, 0.5) is 0 Å². The molecule has 1 N–H and O–H groups in total. The quantitative estimate of drug-likeness (QED) is 0.771. The summed E-state index contributed by atoms with van der Waals surface area (Å²) in [5.74, 6) is 1.45. The number of rotatable bonds is 3. The Morgan fingerprint density at radius 3 is 2.71 bits per heavy atom. The van der Waals surface area contributed by atoms with Gasteiger partial charge in [-0.2, -0.15) is 0 Å². The van der Waals surface area contributed by atoms with E-state index in [2.05, 4.69) is 38.5 Å². The first-order valence-corrected chi connectivity index (χ1v) is 6.89. The normalized spacial score (nSPS) is 10.3. The predicted octanol–water partition coefficient (Wildman–Crippen LogP) is 4.34. The molecule has 0 saturated heterocycles. The molecule has 0 saturated carbocycles. The number of benzene rings is 2. The molecule has 2 aromatic rings. The minimum Gasteiger partial charge on any atom is -0.457 e. The van der Waals surface area contributed by atoms with Crippen molar-refractivity contribution in [2.75, 3.05) is 0 Å². The van der Waals surface area contributed by atoms with Crippen LogP contribution in [-0.4, -0.2) is 5.11 Å². The molecule has 17 heavy (non-hydrogen) atoms. The van der Waals surface area contributed by atoms with Gasteiger partial charge in [0.15, 0.2) is 0 Å². The number of halogens is 2. The molecule has 0 amide bonds. The second kappa shape index (κ2) is 5.84. The lowest BCUT2D eigenvalue weighted by atomic mass is 10.2. The monoisotopic (exact) mass is 404 g/mol. The third kappa shape index (κ3) is 3.43. The zero-order valence-electron chi connectivity index (χ0n) is 8.86. The summed E-state index contributed by atoms with van der Waals surface area (Å²) in [6, 6.07) is 13.4. The maximum absolute atomic E-state index is 9.27. The van der Waals surface area contributed by atoms with Gasteiger partial charge in [-0.25, -0.2) is 0 Å². The van der Waals surface area contributed by atoms with Gasteiger partial charge in [-0.05, 0) is 59.0 Å². The molecule has 0 fully saturated rings. The molecule has 2 aromatic carbocycles. The van der Waals surface area contributed by atoms with Gasteiger partial charge in [-0.3, -0.25) is 0 Å². The number of aliphatic hydroxyl groups is 1. The third-order valence-electron chi connectivity index (χ3n) is 2.22. The van der Waals surface area contributed by atoms with E-state index in [0.29, 0.717) is 5.75 Å². The molecule has 2 rings (SSSR count). The minimum atomic E-state index is -0.0430. The first kappa shape index (κ1) is 12.9. The minimum absolute atomic E-state index is 0.0430. The smallest absolute Gasteiger partial charge is 0.133 e. The highest BCUT2D eigenvalue weighted by atomic mass is 127. The van der Waals surface area contributed by atoms with E-state index in [-0.39, 0.29) is 6.61 Å². The second-order valence-electron chi connectivity index (χ2n) is 3.47. The summed E-state index contributed by atoms with van der Waals surface area (Å²) in [4.78, 5) is 0. The Morgan fingerprint density at radius 2 is 2.00 bits per heavy atom. The van der Waals surface area contributed by atoms with Gasteiger partial charge in [0.05, 0.1) is 6.61 Å². The molecule has 0 heterocycles. The van der Waals surface area contributed by atoms with Crippen molar-refractivity contribution in [3.8, 4) is 11.5 Å². The zero-order valence-corrected chi connectivity index (χ0v) is 12.6. The second-order valence-corrected chi connectivity index (χ2v) is 5.63. The molecule has 0 aromatic heterocycles. The average molecular weight is 405 g/mol. The van der Waals surface area contributed by atoms with E-state index in [9.17, 15) is 5.11 Å². The van der Waals surface area contributed by atoms with Crippen LogP contribution in [0.25, 0.3) is 0 Å². The largest absolute Gasteiger partial charge is 0.457 e. The van der Waals surface area contributed by atoms with Crippen LogP contribution in [0.2, 0.25) is 0 Å². The summed E-state index contributed by atoms with van der Waals surface area (Å²) in [5.41, 5.74) is 0.762. The Balaban J connectivity index is 2.29. The van der Waals surface area contributed by atoms with E-state index in [0.717, 1.165) is 19.4 Å². The molecular weight excluding hydrogens is 395 g/mol. The summed E-state index contributed by atoms with van der Waals surface area (Å²) >= 11 is 5.60. The Bertz CT molecular complexity index is 529. The van der Waals surface area contributed by atoms with Crippen molar-refractivity contribution >= 4 is 38.5 Å². The van der Waals surface area contributed by atoms with Crippen LogP contribution in [0, 0.1) is 3.57 Å². The lowest BCUT2D eigenvalue weighted by Crippen LogP contribution is -1.92. The van der Waals surface area contributed by atoms with E-state index < -0.39 is 0 Å². The van der Waals surface area contributed by atoms with Gasteiger partial charge in [0.2, 0.25) is 0 Å². The van der Waals surface area contributed by atoms with Gasteiger partial charge >= 0.3 is 0 Å². The molecule has 0 radical (unpaired) electrons. The standard InChI is InChI=1S/C13H10BrIO2/c14-10-4-5-13(9(6-10)8-16)17-12-3-1-2-11(15)7-12/h1-7,16H,8H2. The van der Waals surface area contributed by atoms with Crippen molar-refractivity contribution < 1.29 is 9.84 Å². The molecule has 0 spiro atoms. The number of hydrogen-bond acceptors (Lipinski definition) is 2. The highest BCUT2D eigenvalue weighted by Gasteiger charge is 2.05. The fraction of sp³-hybridized carbons (Fsp3) is 0.0769. The molecule has 2 nitrogen and oxygen atoms in total. The SMILES string of the molecule is OCc1cc(Br)ccc1Oc1cccc(I)c1. The van der Waals surface area contributed by atoms with Crippen LogP contribution in [0.1, 0.15) is 5.56 Å². The van der Waals surface area contributed by atoms with Gasteiger partial charge < -0.3 is 9.84 Å². The van der Waals surface area contributed by atoms with Gasteiger partial charge in [-0.1, -0.05) is 22.0 Å². The van der Waals surface area contributed by atoms with Crippen LogP contribution in [0.15, 0.2) is 46.9 Å². The van der Waals surface area contributed by atoms with Gasteiger partial charge in [0.25, 0.3) is 0 Å². The first-order chi connectivity index (χ1) is 8.19.